The van der Waals surface area contributed by atoms with Crippen LogP contribution >= 0.6 is 21.6 Å². The van der Waals surface area contributed by atoms with E-state index in [2.05, 4.69) is 9.97 Å². The maximum absolute atomic E-state index is 11.9. The van der Waals surface area contributed by atoms with Gasteiger partial charge in [-0.3, -0.25) is 14.8 Å². The Balaban J connectivity index is 1.73. The Hall–Kier alpha value is -2.46. The number of aryl methyl sites for hydroxylation is 2. The van der Waals surface area contributed by atoms with Gasteiger partial charge >= 0.3 is 5.97 Å². The first-order valence-corrected chi connectivity index (χ1v) is 13.1. The summed E-state index contributed by atoms with van der Waals surface area (Å²) in [7, 11) is 2.76. The highest BCUT2D eigenvalue weighted by atomic mass is 33.1. The van der Waals surface area contributed by atoms with Gasteiger partial charge < -0.3 is 40.1 Å². The van der Waals surface area contributed by atoms with Crippen LogP contribution in [0.2, 0.25) is 0 Å². The van der Waals surface area contributed by atoms with Crippen LogP contribution in [0, 0.1) is 13.8 Å². The van der Waals surface area contributed by atoms with Gasteiger partial charge in [0.15, 0.2) is 18.1 Å². The molecule has 0 radical (unpaired) electrons. The number of hydrogen-bond donors (Lipinski definition) is 6. The Labute approximate surface area is 213 Å². The molecule has 2 aromatic heterocycles. The lowest BCUT2D eigenvalue weighted by atomic mass is 9.99. The fourth-order valence-electron chi connectivity index (χ4n) is 3.50. The molecular formula is C22H26N2O10S2. The first-order chi connectivity index (χ1) is 17.1. The molecule has 0 bridgehead atoms. The number of carbonyl (C=O) groups is 2. The molecule has 6 N–H and O–H groups in total. The third-order valence-electron chi connectivity index (χ3n) is 5.60. The zero-order valence-corrected chi connectivity index (χ0v) is 20.9. The number of aliphatic carboxylic acids is 1. The fraction of sp³-hybridized carbons (Fsp3) is 0.455. The smallest absolute Gasteiger partial charge is 0.335 e. The molecule has 5 atom stereocenters. The van der Waals surface area contributed by atoms with Gasteiger partial charge in [0, 0.05) is 29.5 Å². The average molecular weight is 543 g/mol. The van der Waals surface area contributed by atoms with Crippen molar-refractivity contribution in [3.63, 3.8) is 0 Å². The molecule has 0 aliphatic carbocycles. The standard InChI is InChI=1S/C22H26N2O10S2/c1-9-15(27)13(5-25)11(3-23-9)7-35-36-8-12-4-24-10(2)19(14(12)6-26)33-22-18(30)16(28)17(29)20(34-22)21(31)32/h3-4,6,16-18,20,22,25,27-30H,5,7-8H2,1-2H3,(H,31,32). The van der Waals surface area contributed by atoms with Crippen molar-refractivity contribution in [3.05, 3.63) is 46.0 Å². The number of rotatable bonds is 10. The fourth-order valence-corrected chi connectivity index (χ4v) is 5.66. The molecular weight excluding hydrogens is 516 g/mol. The van der Waals surface area contributed by atoms with E-state index in [-0.39, 0.29) is 29.4 Å². The minimum absolute atomic E-state index is 0.0525. The number of aliphatic hydroxyl groups is 4. The topological polar surface area (TPSA) is 200 Å². The lowest BCUT2D eigenvalue weighted by Gasteiger charge is -2.38. The second-order valence-electron chi connectivity index (χ2n) is 7.96. The van der Waals surface area contributed by atoms with Gasteiger partial charge in [0.05, 0.1) is 23.6 Å². The maximum Gasteiger partial charge on any atom is 0.335 e. The summed E-state index contributed by atoms with van der Waals surface area (Å²) in [5.41, 5.74) is 2.32. The van der Waals surface area contributed by atoms with E-state index in [4.69, 9.17) is 9.47 Å². The van der Waals surface area contributed by atoms with Crippen LogP contribution in [0.4, 0.5) is 0 Å². The zero-order chi connectivity index (χ0) is 26.6. The Morgan fingerprint density at radius 1 is 1.06 bits per heavy atom. The van der Waals surface area contributed by atoms with Gasteiger partial charge in [-0.25, -0.2) is 4.79 Å². The molecule has 1 aliphatic rings. The Morgan fingerprint density at radius 2 is 1.67 bits per heavy atom. The van der Waals surface area contributed by atoms with Crippen LogP contribution in [0.25, 0.3) is 0 Å². The summed E-state index contributed by atoms with van der Waals surface area (Å²) in [6, 6.07) is 0. The molecule has 5 unspecified atom stereocenters. The van der Waals surface area contributed by atoms with E-state index in [0.717, 1.165) is 0 Å². The van der Waals surface area contributed by atoms with Crippen LogP contribution in [0.3, 0.4) is 0 Å². The van der Waals surface area contributed by atoms with E-state index < -0.39 is 36.7 Å². The largest absolute Gasteiger partial charge is 0.506 e. The molecule has 196 valence electrons. The van der Waals surface area contributed by atoms with Gasteiger partial charge in [0.25, 0.3) is 0 Å². The Bertz CT molecular complexity index is 1120. The van der Waals surface area contributed by atoms with Gasteiger partial charge in [-0.2, -0.15) is 0 Å². The number of ether oxygens (including phenoxy) is 2. The van der Waals surface area contributed by atoms with Crippen molar-refractivity contribution in [2.75, 3.05) is 0 Å². The number of nitrogens with zero attached hydrogens (tertiary/aromatic N) is 2. The number of carboxylic acid groups (broad SMARTS) is 1. The molecule has 12 nitrogen and oxygen atoms in total. The van der Waals surface area contributed by atoms with E-state index in [1.807, 2.05) is 0 Å². The second-order valence-corrected chi connectivity index (χ2v) is 10.4. The second kappa shape index (κ2) is 12.2. The van der Waals surface area contributed by atoms with Crippen LogP contribution in [-0.2, 0) is 27.6 Å². The van der Waals surface area contributed by atoms with E-state index in [9.17, 15) is 40.2 Å². The molecule has 14 heteroatoms. The van der Waals surface area contributed by atoms with Gasteiger partial charge in [0.1, 0.15) is 24.1 Å². The molecule has 0 aromatic carbocycles. The quantitative estimate of drug-likeness (QED) is 0.137. The first kappa shape index (κ1) is 28.1. The Kier molecular flexibility index (Phi) is 9.52. The SMILES string of the molecule is Cc1ncc(CSSCc2cnc(C)c(OC3OC(C(=O)O)C(O)C(O)C3O)c2C=O)c(CO)c1O. The lowest BCUT2D eigenvalue weighted by molar-refractivity contribution is -0.271. The predicted octanol–water partition coefficient (Wildman–Crippen LogP) is 0.456. The van der Waals surface area contributed by atoms with Gasteiger partial charge in [-0.1, -0.05) is 21.6 Å². The number of carbonyl (C=O) groups excluding carboxylic acids is 1. The predicted molar refractivity (Wildman–Crippen MR) is 128 cm³/mol. The van der Waals surface area contributed by atoms with Crippen LogP contribution in [-0.4, -0.2) is 83.6 Å². The minimum Gasteiger partial charge on any atom is -0.506 e. The molecule has 1 saturated heterocycles. The number of aromatic hydroxyl groups is 1. The van der Waals surface area contributed by atoms with Crippen molar-refractivity contribution in [1.29, 1.82) is 0 Å². The number of pyridine rings is 2. The molecule has 3 rings (SSSR count). The van der Waals surface area contributed by atoms with E-state index in [0.29, 0.717) is 40.2 Å². The lowest BCUT2D eigenvalue weighted by Crippen LogP contribution is -2.61. The molecule has 0 spiro atoms. The van der Waals surface area contributed by atoms with Crippen molar-refractivity contribution >= 4 is 33.8 Å². The number of aliphatic hydroxyl groups excluding tert-OH is 4. The van der Waals surface area contributed by atoms with Crippen LogP contribution in [0.15, 0.2) is 12.4 Å². The van der Waals surface area contributed by atoms with Crippen LogP contribution in [0.5, 0.6) is 11.5 Å². The third-order valence-corrected chi connectivity index (χ3v) is 7.83. The summed E-state index contributed by atoms with van der Waals surface area (Å²) in [5.74, 6) is -0.950. The molecule has 0 amide bonds. The summed E-state index contributed by atoms with van der Waals surface area (Å²) >= 11 is 0. The van der Waals surface area contributed by atoms with Crippen molar-refractivity contribution in [2.24, 2.45) is 0 Å². The van der Waals surface area contributed by atoms with Crippen LogP contribution in [0.1, 0.15) is 38.4 Å². The zero-order valence-electron chi connectivity index (χ0n) is 19.3. The normalized spacial score (nSPS) is 23.9. The van der Waals surface area contributed by atoms with Gasteiger partial charge in [-0.15, -0.1) is 0 Å². The molecule has 0 saturated carbocycles. The highest BCUT2D eigenvalue weighted by Gasteiger charge is 2.48. The molecule has 3 heterocycles. The van der Waals surface area contributed by atoms with E-state index >= 15 is 0 Å². The molecule has 2 aromatic rings. The van der Waals surface area contributed by atoms with Gasteiger partial charge in [-0.05, 0) is 25.0 Å². The number of aldehydes is 1. The third kappa shape index (κ3) is 5.91. The maximum atomic E-state index is 11.9. The highest BCUT2D eigenvalue weighted by Crippen LogP contribution is 2.36. The van der Waals surface area contributed by atoms with E-state index in [1.165, 1.54) is 34.7 Å². The van der Waals surface area contributed by atoms with Gasteiger partial charge in [0.2, 0.25) is 6.29 Å². The first-order valence-electron chi connectivity index (χ1n) is 10.6. The summed E-state index contributed by atoms with van der Waals surface area (Å²) in [5, 5.41) is 59.0. The van der Waals surface area contributed by atoms with Crippen molar-refractivity contribution < 1.29 is 49.7 Å². The van der Waals surface area contributed by atoms with E-state index in [1.54, 1.807) is 13.1 Å². The minimum atomic E-state index is -1.88. The summed E-state index contributed by atoms with van der Waals surface area (Å²) in [6.07, 6.45) is -5.46. The Morgan fingerprint density at radius 3 is 2.28 bits per heavy atom. The number of hydrogen-bond acceptors (Lipinski definition) is 13. The summed E-state index contributed by atoms with van der Waals surface area (Å²) in [6.45, 7) is 2.83. The number of aromatic nitrogens is 2. The van der Waals surface area contributed by atoms with Crippen molar-refractivity contribution in [1.82, 2.24) is 9.97 Å². The van der Waals surface area contributed by atoms with Crippen LogP contribution < -0.4 is 4.74 Å². The highest BCUT2D eigenvalue weighted by molar-refractivity contribution is 8.76. The molecule has 1 fully saturated rings. The van der Waals surface area contributed by atoms with Crippen molar-refractivity contribution in [2.45, 2.75) is 62.7 Å². The average Bonchev–Trinajstić information content (AvgIpc) is 2.85. The number of carboxylic acids is 1. The molecule has 1 aliphatic heterocycles. The summed E-state index contributed by atoms with van der Waals surface area (Å²) < 4.78 is 10.8. The monoisotopic (exact) mass is 542 g/mol. The van der Waals surface area contributed by atoms with Crippen molar-refractivity contribution in [3.8, 4) is 11.5 Å². The molecule has 36 heavy (non-hydrogen) atoms. The summed E-state index contributed by atoms with van der Waals surface area (Å²) in [4.78, 5) is 31.6.